The van der Waals surface area contributed by atoms with Crippen molar-refractivity contribution in [2.45, 2.75) is 13.8 Å². The van der Waals surface area contributed by atoms with Crippen molar-refractivity contribution in [1.82, 2.24) is 9.97 Å². The molecule has 5 nitrogen and oxygen atoms in total. The van der Waals surface area contributed by atoms with Crippen LogP contribution in [0.15, 0.2) is 54.9 Å². The molecule has 2 aromatic carbocycles. The molecule has 0 fully saturated rings. The molecule has 0 bridgehead atoms. The van der Waals surface area contributed by atoms with E-state index in [1.165, 1.54) is 6.33 Å². The topological polar surface area (TPSA) is 66.9 Å². The summed E-state index contributed by atoms with van der Waals surface area (Å²) in [5.74, 6) is 0.224. The lowest BCUT2D eigenvalue weighted by Gasteiger charge is -2.09. The third-order valence-electron chi connectivity index (χ3n) is 3.62. The van der Waals surface area contributed by atoms with Gasteiger partial charge in [0.2, 0.25) is 0 Å². The van der Waals surface area contributed by atoms with E-state index < -0.39 is 0 Å². The van der Waals surface area contributed by atoms with Crippen LogP contribution < -0.4 is 10.6 Å². The number of nitrogens with zero attached hydrogens (tertiary/aromatic N) is 2. The van der Waals surface area contributed by atoms with Crippen LogP contribution in [0.5, 0.6) is 0 Å². The first-order chi connectivity index (χ1) is 12.0. The summed E-state index contributed by atoms with van der Waals surface area (Å²) >= 11 is 6.08. The second kappa shape index (κ2) is 7.32. The Hall–Kier alpha value is -2.92. The maximum absolute atomic E-state index is 12.4. The lowest BCUT2D eigenvalue weighted by atomic mass is 10.2. The molecule has 0 saturated heterocycles. The molecule has 0 radical (unpaired) electrons. The molecule has 0 aliphatic rings. The summed E-state index contributed by atoms with van der Waals surface area (Å²) < 4.78 is 0. The molecule has 25 heavy (non-hydrogen) atoms. The van der Waals surface area contributed by atoms with Gasteiger partial charge in [-0.05, 0) is 49.2 Å². The van der Waals surface area contributed by atoms with Gasteiger partial charge >= 0.3 is 0 Å². The van der Waals surface area contributed by atoms with E-state index in [1.807, 2.05) is 44.2 Å². The first-order valence-corrected chi connectivity index (χ1v) is 8.12. The van der Waals surface area contributed by atoms with Crippen LogP contribution >= 0.6 is 11.6 Å². The van der Waals surface area contributed by atoms with Crippen molar-refractivity contribution in [3.05, 3.63) is 76.7 Å². The highest BCUT2D eigenvalue weighted by Gasteiger charge is 2.10. The first kappa shape index (κ1) is 16.9. The van der Waals surface area contributed by atoms with Crippen molar-refractivity contribution >= 4 is 34.7 Å². The van der Waals surface area contributed by atoms with Crippen LogP contribution in [0.2, 0.25) is 5.02 Å². The lowest BCUT2D eigenvalue weighted by Crippen LogP contribution is -2.14. The molecule has 0 spiro atoms. The van der Waals surface area contributed by atoms with Gasteiger partial charge in [-0.25, -0.2) is 9.97 Å². The molecule has 3 rings (SSSR count). The summed E-state index contributed by atoms with van der Waals surface area (Å²) in [6.07, 6.45) is 1.36. The fraction of sp³-hybridized carbons (Fsp3) is 0.105. The quantitative estimate of drug-likeness (QED) is 0.711. The van der Waals surface area contributed by atoms with Gasteiger partial charge in [0.15, 0.2) is 0 Å². The number of hydrogen-bond donors (Lipinski definition) is 2. The molecule has 0 atom stereocenters. The monoisotopic (exact) mass is 352 g/mol. The molecule has 1 aromatic heterocycles. The summed E-state index contributed by atoms with van der Waals surface area (Å²) in [4.78, 5) is 20.6. The summed E-state index contributed by atoms with van der Waals surface area (Å²) in [5, 5.41) is 6.55. The molecule has 3 aromatic rings. The molecule has 126 valence electrons. The smallest absolute Gasteiger partial charge is 0.274 e. The van der Waals surface area contributed by atoms with Gasteiger partial charge in [-0.2, -0.15) is 0 Å². The second-order valence-electron chi connectivity index (χ2n) is 5.70. The average molecular weight is 353 g/mol. The maximum Gasteiger partial charge on any atom is 0.274 e. The van der Waals surface area contributed by atoms with Gasteiger partial charge in [0.05, 0.1) is 0 Å². The van der Waals surface area contributed by atoms with Crippen LogP contribution in [0, 0.1) is 13.8 Å². The number of aryl methyl sites for hydroxylation is 2. The van der Waals surface area contributed by atoms with E-state index in [2.05, 4.69) is 20.6 Å². The van der Waals surface area contributed by atoms with Gasteiger partial charge in [0.25, 0.3) is 5.91 Å². The Balaban J connectivity index is 1.76. The molecule has 1 heterocycles. The van der Waals surface area contributed by atoms with E-state index >= 15 is 0 Å². The molecule has 1 amide bonds. The van der Waals surface area contributed by atoms with Crippen LogP contribution in [0.3, 0.4) is 0 Å². The third kappa shape index (κ3) is 4.33. The zero-order valence-electron chi connectivity index (χ0n) is 13.9. The Labute approximate surface area is 151 Å². The van der Waals surface area contributed by atoms with E-state index in [4.69, 9.17) is 11.6 Å². The van der Waals surface area contributed by atoms with Gasteiger partial charge in [-0.3, -0.25) is 4.79 Å². The number of hydrogen-bond acceptors (Lipinski definition) is 4. The Bertz CT molecular complexity index is 927. The fourth-order valence-corrected chi connectivity index (χ4v) is 2.47. The van der Waals surface area contributed by atoms with Crippen LogP contribution in [0.4, 0.5) is 17.2 Å². The SMILES string of the molecule is Cc1cccc(Nc2cc(C(=O)Nc3ccc(C)c(Cl)c3)ncn2)c1. The molecule has 0 unspecified atom stereocenters. The largest absolute Gasteiger partial charge is 0.340 e. The average Bonchev–Trinajstić information content (AvgIpc) is 2.58. The van der Waals surface area contributed by atoms with Crippen LogP contribution in [0.25, 0.3) is 0 Å². The minimum Gasteiger partial charge on any atom is -0.340 e. The number of benzene rings is 2. The minimum absolute atomic E-state index is 0.266. The highest BCUT2D eigenvalue weighted by molar-refractivity contribution is 6.31. The first-order valence-electron chi connectivity index (χ1n) is 7.74. The fourth-order valence-electron chi connectivity index (χ4n) is 2.29. The van der Waals surface area contributed by atoms with E-state index in [-0.39, 0.29) is 11.6 Å². The highest BCUT2D eigenvalue weighted by Crippen LogP contribution is 2.21. The molecular weight excluding hydrogens is 336 g/mol. The van der Waals surface area contributed by atoms with Crippen molar-refractivity contribution in [1.29, 1.82) is 0 Å². The van der Waals surface area contributed by atoms with Gasteiger partial charge in [0, 0.05) is 22.5 Å². The summed E-state index contributed by atoms with van der Waals surface area (Å²) in [6.45, 7) is 3.92. The van der Waals surface area contributed by atoms with E-state index in [1.54, 1.807) is 18.2 Å². The number of rotatable bonds is 4. The summed E-state index contributed by atoms with van der Waals surface area (Å²) in [6, 6.07) is 14.9. The number of halogens is 1. The predicted molar refractivity (Wildman–Crippen MR) is 101 cm³/mol. The summed E-state index contributed by atoms with van der Waals surface area (Å²) in [7, 11) is 0. The van der Waals surface area contributed by atoms with Crippen molar-refractivity contribution < 1.29 is 4.79 Å². The van der Waals surface area contributed by atoms with Crippen molar-refractivity contribution in [2.75, 3.05) is 10.6 Å². The van der Waals surface area contributed by atoms with Crippen molar-refractivity contribution in [3.8, 4) is 0 Å². The Morgan fingerprint density at radius 2 is 1.84 bits per heavy atom. The predicted octanol–water partition coefficient (Wildman–Crippen LogP) is 4.74. The Morgan fingerprint density at radius 1 is 1.00 bits per heavy atom. The van der Waals surface area contributed by atoms with Crippen molar-refractivity contribution in [2.24, 2.45) is 0 Å². The second-order valence-corrected chi connectivity index (χ2v) is 6.11. The molecule has 0 saturated carbocycles. The van der Waals surface area contributed by atoms with E-state index in [0.717, 1.165) is 16.8 Å². The molecule has 6 heteroatoms. The molecule has 0 aliphatic heterocycles. The molecule has 0 aliphatic carbocycles. The number of carbonyl (C=O) groups excluding carboxylic acids is 1. The number of aromatic nitrogens is 2. The Kier molecular flexibility index (Phi) is 4.95. The van der Waals surface area contributed by atoms with Crippen molar-refractivity contribution in [3.63, 3.8) is 0 Å². The van der Waals surface area contributed by atoms with Gasteiger partial charge < -0.3 is 10.6 Å². The van der Waals surface area contributed by atoms with Crippen LogP contribution in [-0.4, -0.2) is 15.9 Å². The zero-order chi connectivity index (χ0) is 17.8. The third-order valence-corrected chi connectivity index (χ3v) is 4.03. The standard InChI is InChI=1S/C19H17ClN4O/c1-12-4-3-5-14(8-12)23-18-10-17(21-11-22-18)19(25)24-15-7-6-13(2)16(20)9-15/h3-11H,1-2H3,(H,24,25)(H,21,22,23). The molecular formula is C19H17ClN4O. The highest BCUT2D eigenvalue weighted by atomic mass is 35.5. The van der Waals surface area contributed by atoms with Gasteiger partial charge in [0.1, 0.15) is 17.8 Å². The Morgan fingerprint density at radius 3 is 2.60 bits per heavy atom. The number of nitrogens with one attached hydrogen (secondary N) is 2. The van der Waals surface area contributed by atoms with Gasteiger partial charge in [-0.1, -0.05) is 29.8 Å². The number of carbonyl (C=O) groups is 1. The number of anilines is 3. The number of amides is 1. The van der Waals surface area contributed by atoms with Gasteiger partial charge in [-0.15, -0.1) is 0 Å². The lowest BCUT2D eigenvalue weighted by molar-refractivity contribution is 0.102. The summed E-state index contributed by atoms with van der Waals surface area (Å²) in [5.41, 5.74) is 3.87. The zero-order valence-corrected chi connectivity index (χ0v) is 14.6. The maximum atomic E-state index is 12.4. The van der Waals surface area contributed by atoms with E-state index in [9.17, 15) is 4.79 Å². The minimum atomic E-state index is -0.324. The molecule has 2 N–H and O–H groups in total. The van der Waals surface area contributed by atoms with E-state index in [0.29, 0.717) is 16.5 Å². The van der Waals surface area contributed by atoms with Crippen LogP contribution in [0.1, 0.15) is 21.6 Å². The normalized spacial score (nSPS) is 10.4. The van der Waals surface area contributed by atoms with Crippen LogP contribution in [-0.2, 0) is 0 Å².